The van der Waals surface area contributed by atoms with E-state index in [-0.39, 0.29) is 0 Å². The molecule has 96 valence electrons. The Bertz CT molecular complexity index is 161. The van der Waals surface area contributed by atoms with Crippen molar-refractivity contribution in [3.8, 4) is 0 Å². The molecule has 1 heterocycles. The van der Waals surface area contributed by atoms with Gasteiger partial charge in [-0.3, -0.25) is 0 Å². The van der Waals surface area contributed by atoms with Gasteiger partial charge in [0.05, 0.1) is 0 Å². The van der Waals surface area contributed by atoms with E-state index >= 15 is 0 Å². The van der Waals surface area contributed by atoms with E-state index in [1.807, 2.05) is 0 Å². The molecule has 1 aliphatic heterocycles. The Morgan fingerprint density at radius 2 is 1.88 bits per heavy atom. The van der Waals surface area contributed by atoms with Crippen LogP contribution in [0.15, 0.2) is 0 Å². The number of hydrogen-bond donors (Lipinski definition) is 0. The summed E-state index contributed by atoms with van der Waals surface area (Å²) < 4.78 is 0. The molecule has 0 N–H and O–H groups in total. The zero-order valence-corrected chi connectivity index (χ0v) is 11.6. The van der Waals surface area contributed by atoms with E-state index in [4.69, 9.17) is 11.6 Å². The summed E-state index contributed by atoms with van der Waals surface area (Å²) in [6.45, 7) is 6.34. The van der Waals surface area contributed by atoms with Crippen molar-refractivity contribution in [3.63, 3.8) is 0 Å². The quantitative estimate of drug-likeness (QED) is 0.478. The van der Waals surface area contributed by atoms with Gasteiger partial charge in [0.1, 0.15) is 0 Å². The summed E-state index contributed by atoms with van der Waals surface area (Å²) >= 11 is 5.67. The maximum Gasteiger partial charge on any atom is 0.0223 e. The van der Waals surface area contributed by atoms with Crippen LogP contribution in [-0.2, 0) is 0 Å². The average molecular weight is 246 g/mol. The third kappa shape index (κ3) is 6.10. The maximum atomic E-state index is 5.67. The summed E-state index contributed by atoms with van der Waals surface area (Å²) in [4.78, 5) is 2.68. The van der Waals surface area contributed by atoms with Crippen molar-refractivity contribution in [1.29, 1.82) is 0 Å². The van der Waals surface area contributed by atoms with E-state index in [2.05, 4.69) is 11.8 Å². The first-order valence-corrected chi connectivity index (χ1v) is 7.68. The molecule has 0 saturated carbocycles. The van der Waals surface area contributed by atoms with Crippen LogP contribution in [0.25, 0.3) is 0 Å². The van der Waals surface area contributed by atoms with Gasteiger partial charge in [0, 0.05) is 5.88 Å². The summed E-state index contributed by atoms with van der Waals surface area (Å²) in [5.41, 5.74) is 0. The Labute approximate surface area is 107 Å². The van der Waals surface area contributed by atoms with Gasteiger partial charge in [-0.15, -0.1) is 11.6 Å². The minimum Gasteiger partial charge on any atom is -0.303 e. The van der Waals surface area contributed by atoms with Crippen molar-refractivity contribution >= 4 is 11.6 Å². The highest BCUT2D eigenvalue weighted by Gasteiger charge is 2.14. The van der Waals surface area contributed by atoms with Crippen LogP contribution in [0.4, 0.5) is 0 Å². The van der Waals surface area contributed by atoms with Crippen LogP contribution in [-0.4, -0.2) is 30.4 Å². The summed E-state index contributed by atoms with van der Waals surface area (Å²) in [5, 5.41) is 0. The Hall–Kier alpha value is 0.250. The average Bonchev–Trinajstić information content (AvgIpc) is 2.54. The monoisotopic (exact) mass is 245 g/mol. The Morgan fingerprint density at radius 3 is 2.62 bits per heavy atom. The first kappa shape index (κ1) is 14.3. The molecule has 0 aromatic carbocycles. The minimum absolute atomic E-state index is 0.835. The van der Waals surface area contributed by atoms with Gasteiger partial charge in [-0.2, -0.15) is 0 Å². The Morgan fingerprint density at radius 1 is 1.06 bits per heavy atom. The number of likely N-dealkylation sites (tertiary alicyclic amines) is 1. The molecule has 16 heavy (non-hydrogen) atoms. The maximum absolute atomic E-state index is 5.67. The molecule has 0 bridgehead atoms. The van der Waals surface area contributed by atoms with E-state index in [0.717, 1.165) is 11.8 Å². The number of unbranched alkanes of at least 4 members (excludes halogenated alkanes) is 3. The highest BCUT2D eigenvalue weighted by molar-refractivity contribution is 6.17. The molecule has 1 atom stereocenters. The molecule has 1 saturated heterocycles. The Balaban J connectivity index is 2.03. The normalized spacial score (nSPS) is 23.2. The lowest BCUT2D eigenvalue weighted by Crippen LogP contribution is -2.25. The fourth-order valence-electron chi connectivity index (χ4n) is 2.64. The molecular formula is C14H28ClN. The third-order valence-electron chi connectivity index (χ3n) is 3.88. The van der Waals surface area contributed by atoms with Gasteiger partial charge >= 0.3 is 0 Å². The van der Waals surface area contributed by atoms with Crippen LogP contribution in [0.2, 0.25) is 0 Å². The first-order chi connectivity index (χ1) is 7.86. The lowest BCUT2D eigenvalue weighted by molar-refractivity contribution is 0.273. The zero-order chi connectivity index (χ0) is 11.6. The summed E-state index contributed by atoms with van der Waals surface area (Å²) in [6.07, 6.45) is 10.9. The fraction of sp³-hybridized carbons (Fsp3) is 1.00. The van der Waals surface area contributed by atoms with E-state index in [1.165, 1.54) is 71.0 Å². The van der Waals surface area contributed by atoms with Crippen molar-refractivity contribution in [1.82, 2.24) is 4.90 Å². The van der Waals surface area contributed by atoms with Gasteiger partial charge in [0.2, 0.25) is 0 Å². The highest BCUT2D eigenvalue weighted by atomic mass is 35.5. The molecule has 0 spiro atoms. The van der Waals surface area contributed by atoms with Gasteiger partial charge in [0.25, 0.3) is 0 Å². The number of hydrogen-bond acceptors (Lipinski definition) is 1. The van der Waals surface area contributed by atoms with Crippen LogP contribution in [0.5, 0.6) is 0 Å². The van der Waals surface area contributed by atoms with Crippen LogP contribution >= 0.6 is 11.6 Å². The number of nitrogens with zero attached hydrogens (tertiary/aromatic N) is 1. The van der Waals surface area contributed by atoms with Crippen LogP contribution in [0, 0.1) is 5.92 Å². The fourth-order valence-corrected chi connectivity index (χ4v) is 2.83. The number of rotatable bonds is 7. The molecule has 0 amide bonds. The molecule has 0 aromatic rings. The second-order valence-electron chi connectivity index (χ2n) is 5.15. The lowest BCUT2D eigenvalue weighted by Gasteiger charge is -2.19. The largest absolute Gasteiger partial charge is 0.303 e. The SMILES string of the molecule is CCC1CCCN(CCCCCCCl)CC1. The second-order valence-corrected chi connectivity index (χ2v) is 5.53. The van der Waals surface area contributed by atoms with Crippen molar-refractivity contribution in [2.45, 2.75) is 58.3 Å². The van der Waals surface area contributed by atoms with Crippen LogP contribution in [0.3, 0.4) is 0 Å². The van der Waals surface area contributed by atoms with Gasteiger partial charge in [-0.1, -0.05) is 26.2 Å². The van der Waals surface area contributed by atoms with Crippen molar-refractivity contribution < 1.29 is 0 Å². The van der Waals surface area contributed by atoms with Gasteiger partial charge in [0.15, 0.2) is 0 Å². The van der Waals surface area contributed by atoms with E-state index < -0.39 is 0 Å². The van der Waals surface area contributed by atoms with Crippen LogP contribution < -0.4 is 0 Å². The first-order valence-electron chi connectivity index (χ1n) is 7.15. The third-order valence-corrected chi connectivity index (χ3v) is 4.14. The minimum atomic E-state index is 0.835. The van der Waals surface area contributed by atoms with Gasteiger partial charge in [-0.25, -0.2) is 0 Å². The Kier molecular flexibility index (Phi) is 8.32. The van der Waals surface area contributed by atoms with Gasteiger partial charge < -0.3 is 4.90 Å². The summed E-state index contributed by atoms with van der Waals surface area (Å²) in [6, 6.07) is 0. The van der Waals surface area contributed by atoms with Crippen molar-refractivity contribution in [2.24, 2.45) is 5.92 Å². The molecule has 0 aromatic heterocycles. The molecule has 1 unspecified atom stereocenters. The highest BCUT2D eigenvalue weighted by Crippen LogP contribution is 2.20. The molecular weight excluding hydrogens is 218 g/mol. The molecule has 1 aliphatic rings. The molecule has 1 rings (SSSR count). The second kappa shape index (κ2) is 9.30. The molecule has 0 radical (unpaired) electrons. The molecule has 0 aliphatic carbocycles. The topological polar surface area (TPSA) is 3.24 Å². The van der Waals surface area contributed by atoms with Gasteiger partial charge in [-0.05, 0) is 57.7 Å². The summed E-state index contributed by atoms with van der Waals surface area (Å²) in [5.74, 6) is 1.84. The van der Waals surface area contributed by atoms with E-state index in [9.17, 15) is 0 Å². The van der Waals surface area contributed by atoms with Crippen molar-refractivity contribution in [3.05, 3.63) is 0 Å². The lowest BCUT2D eigenvalue weighted by atomic mass is 9.98. The predicted molar refractivity (Wildman–Crippen MR) is 73.3 cm³/mol. The van der Waals surface area contributed by atoms with E-state index in [0.29, 0.717) is 0 Å². The molecule has 2 heteroatoms. The zero-order valence-electron chi connectivity index (χ0n) is 10.9. The predicted octanol–water partition coefficient (Wildman–Crippen LogP) is 4.30. The molecule has 1 fully saturated rings. The smallest absolute Gasteiger partial charge is 0.0223 e. The molecule has 1 nitrogen and oxygen atoms in total. The number of halogens is 1. The standard InChI is InChI=1S/C14H28ClN/c1-2-14-8-7-12-16(13-9-14)11-6-4-3-5-10-15/h14H,2-13H2,1H3. The number of alkyl halides is 1. The van der Waals surface area contributed by atoms with E-state index in [1.54, 1.807) is 0 Å². The van der Waals surface area contributed by atoms with Crippen LogP contribution in [0.1, 0.15) is 58.3 Å². The summed E-state index contributed by atoms with van der Waals surface area (Å²) in [7, 11) is 0. The van der Waals surface area contributed by atoms with Crippen molar-refractivity contribution in [2.75, 3.05) is 25.5 Å².